The van der Waals surface area contributed by atoms with Gasteiger partial charge in [-0.25, -0.2) is 4.68 Å². The molecule has 0 saturated heterocycles. The van der Waals surface area contributed by atoms with Gasteiger partial charge in [-0.3, -0.25) is 0 Å². The van der Waals surface area contributed by atoms with E-state index < -0.39 is 8.07 Å². The van der Waals surface area contributed by atoms with E-state index in [1.807, 2.05) is 16.8 Å². The molecule has 0 amide bonds. The van der Waals surface area contributed by atoms with Gasteiger partial charge < -0.3 is 15.4 Å². The van der Waals surface area contributed by atoms with Crippen LogP contribution in [0.2, 0.25) is 25.7 Å². The third-order valence-electron chi connectivity index (χ3n) is 4.17. The Morgan fingerprint density at radius 1 is 1.30 bits per heavy atom. The lowest BCUT2D eigenvalue weighted by atomic mass is 10.00. The molecule has 23 heavy (non-hydrogen) atoms. The Kier molecular flexibility index (Phi) is 4.20. The monoisotopic (exact) mass is 330 g/mol. The molecule has 2 heterocycles. The summed E-state index contributed by atoms with van der Waals surface area (Å²) in [6, 6.07) is 7.19. The molecule has 0 atom stereocenters. The Morgan fingerprint density at radius 3 is 2.83 bits per heavy atom. The van der Waals surface area contributed by atoms with Crippen LogP contribution in [0.15, 0.2) is 24.4 Å². The number of hydrogen-bond donors (Lipinski definition) is 1. The quantitative estimate of drug-likeness (QED) is 0.519. The average Bonchev–Trinajstić information content (AvgIpc) is 2.85. The van der Waals surface area contributed by atoms with E-state index in [0.717, 1.165) is 35.8 Å². The maximum Gasteiger partial charge on any atom is 0.139 e. The molecule has 0 spiro atoms. The minimum Gasteiger partial charge on any atom is -0.397 e. The Balaban J connectivity index is 1.76. The van der Waals surface area contributed by atoms with Crippen molar-refractivity contribution in [3.63, 3.8) is 0 Å². The van der Waals surface area contributed by atoms with Crippen LogP contribution in [-0.2, 0) is 18.0 Å². The molecular formula is C17H26N4OSi. The molecule has 1 aromatic heterocycles. The number of ether oxygens (including phenoxy) is 1. The minimum absolute atomic E-state index is 0.513. The lowest BCUT2D eigenvalue weighted by Gasteiger charge is -2.27. The van der Waals surface area contributed by atoms with Gasteiger partial charge in [0, 0.05) is 45.6 Å². The SMILES string of the molecule is CN1Cc2cn(COCC[Si](C)(C)C)nc2-c2cccc(N)c21. The molecule has 0 aliphatic carbocycles. The number of fused-ring (bicyclic) bond motifs is 3. The highest BCUT2D eigenvalue weighted by molar-refractivity contribution is 6.76. The van der Waals surface area contributed by atoms with Crippen LogP contribution in [0, 0.1) is 0 Å². The van der Waals surface area contributed by atoms with Crippen LogP contribution in [0.3, 0.4) is 0 Å². The Hall–Kier alpha value is -1.79. The normalized spacial score (nSPS) is 13.8. The number of aromatic nitrogens is 2. The third-order valence-corrected chi connectivity index (χ3v) is 5.87. The maximum atomic E-state index is 6.14. The van der Waals surface area contributed by atoms with Crippen molar-refractivity contribution in [2.75, 3.05) is 24.3 Å². The van der Waals surface area contributed by atoms with Gasteiger partial charge in [-0.1, -0.05) is 31.8 Å². The highest BCUT2D eigenvalue weighted by Gasteiger charge is 2.24. The van der Waals surface area contributed by atoms with E-state index in [1.165, 1.54) is 11.6 Å². The molecule has 2 aromatic rings. The van der Waals surface area contributed by atoms with Gasteiger partial charge in [0.25, 0.3) is 0 Å². The van der Waals surface area contributed by atoms with E-state index in [0.29, 0.717) is 6.73 Å². The molecule has 5 nitrogen and oxygen atoms in total. The van der Waals surface area contributed by atoms with Crippen LogP contribution in [0.5, 0.6) is 0 Å². The summed E-state index contributed by atoms with van der Waals surface area (Å²) in [5.74, 6) is 0. The Bertz CT molecular complexity index is 705. The van der Waals surface area contributed by atoms with Crippen LogP contribution in [0.4, 0.5) is 11.4 Å². The van der Waals surface area contributed by atoms with E-state index >= 15 is 0 Å². The lowest BCUT2D eigenvalue weighted by molar-refractivity contribution is 0.0787. The molecule has 0 radical (unpaired) electrons. The lowest BCUT2D eigenvalue weighted by Crippen LogP contribution is -2.22. The summed E-state index contributed by atoms with van der Waals surface area (Å²) in [7, 11) is 1.03. The smallest absolute Gasteiger partial charge is 0.139 e. The summed E-state index contributed by atoms with van der Waals surface area (Å²) in [6.07, 6.45) is 2.09. The number of rotatable bonds is 5. The highest BCUT2D eigenvalue weighted by atomic mass is 28.3. The van der Waals surface area contributed by atoms with E-state index in [9.17, 15) is 0 Å². The molecule has 1 aliphatic rings. The fourth-order valence-electron chi connectivity index (χ4n) is 2.92. The topological polar surface area (TPSA) is 56.3 Å². The first-order chi connectivity index (χ1) is 10.8. The van der Waals surface area contributed by atoms with Gasteiger partial charge in [0.2, 0.25) is 0 Å². The summed E-state index contributed by atoms with van der Waals surface area (Å²) >= 11 is 0. The number of para-hydroxylation sites is 1. The summed E-state index contributed by atoms with van der Waals surface area (Å²) in [6.45, 7) is 9.23. The van der Waals surface area contributed by atoms with Crippen LogP contribution in [-0.4, -0.2) is 31.5 Å². The van der Waals surface area contributed by atoms with E-state index in [1.54, 1.807) is 0 Å². The minimum atomic E-state index is -1.04. The third kappa shape index (κ3) is 3.43. The summed E-state index contributed by atoms with van der Waals surface area (Å²) in [5.41, 5.74) is 11.4. The number of hydrogen-bond acceptors (Lipinski definition) is 4. The predicted molar refractivity (Wildman–Crippen MR) is 98.3 cm³/mol. The summed E-state index contributed by atoms with van der Waals surface area (Å²) < 4.78 is 7.71. The fourth-order valence-corrected chi connectivity index (χ4v) is 3.68. The Labute approximate surface area is 139 Å². The molecule has 0 fully saturated rings. The van der Waals surface area contributed by atoms with Crippen molar-refractivity contribution in [3.05, 3.63) is 30.0 Å². The van der Waals surface area contributed by atoms with Gasteiger partial charge in [0.1, 0.15) is 6.73 Å². The van der Waals surface area contributed by atoms with Crippen molar-refractivity contribution in [1.29, 1.82) is 0 Å². The molecule has 3 rings (SSSR count). The number of nitrogen functional groups attached to an aromatic ring is 1. The molecular weight excluding hydrogens is 304 g/mol. The summed E-state index contributed by atoms with van der Waals surface area (Å²) in [4.78, 5) is 2.19. The van der Waals surface area contributed by atoms with Gasteiger partial charge in [0.15, 0.2) is 0 Å². The van der Waals surface area contributed by atoms with Crippen molar-refractivity contribution in [2.45, 2.75) is 39.0 Å². The number of nitrogens with zero attached hydrogens (tertiary/aromatic N) is 3. The molecule has 0 saturated carbocycles. The molecule has 124 valence electrons. The molecule has 2 N–H and O–H groups in total. The molecule has 1 aromatic carbocycles. The van der Waals surface area contributed by atoms with Crippen molar-refractivity contribution in [1.82, 2.24) is 9.78 Å². The molecule has 0 bridgehead atoms. The van der Waals surface area contributed by atoms with Gasteiger partial charge >= 0.3 is 0 Å². The van der Waals surface area contributed by atoms with Gasteiger partial charge in [-0.15, -0.1) is 0 Å². The van der Waals surface area contributed by atoms with Gasteiger partial charge in [-0.2, -0.15) is 5.10 Å². The van der Waals surface area contributed by atoms with Crippen LogP contribution in [0.1, 0.15) is 5.56 Å². The van der Waals surface area contributed by atoms with Crippen LogP contribution in [0.25, 0.3) is 11.3 Å². The van der Waals surface area contributed by atoms with Gasteiger partial charge in [-0.05, 0) is 12.1 Å². The van der Waals surface area contributed by atoms with Crippen molar-refractivity contribution in [2.24, 2.45) is 0 Å². The van der Waals surface area contributed by atoms with Crippen molar-refractivity contribution in [3.8, 4) is 11.3 Å². The second-order valence-electron chi connectivity index (χ2n) is 7.49. The molecule has 1 aliphatic heterocycles. The Morgan fingerprint density at radius 2 is 2.09 bits per heavy atom. The number of anilines is 2. The highest BCUT2D eigenvalue weighted by Crippen LogP contribution is 2.40. The van der Waals surface area contributed by atoms with E-state index in [4.69, 9.17) is 15.6 Å². The van der Waals surface area contributed by atoms with E-state index in [-0.39, 0.29) is 0 Å². The second-order valence-corrected chi connectivity index (χ2v) is 13.1. The maximum absolute atomic E-state index is 6.14. The standard InChI is InChI=1S/C17H26N4OSi/c1-20-10-13-11-21(12-22-8-9-23(2,3)4)19-16(13)14-6-5-7-15(18)17(14)20/h5-7,11H,8-10,12,18H2,1-4H3. The second kappa shape index (κ2) is 6.01. The van der Waals surface area contributed by atoms with Crippen molar-refractivity contribution < 1.29 is 4.74 Å². The average molecular weight is 331 g/mol. The fraction of sp³-hybridized carbons (Fsp3) is 0.471. The number of benzene rings is 1. The van der Waals surface area contributed by atoms with Crippen LogP contribution < -0.4 is 10.6 Å². The zero-order chi connectivity index (χ0) is 16.6. The number of nitrogens with two attached hydrogens (primary N) is 1. The van der Waals surface area contributed by atoms with Crippen molar-refractivity contribution >= 4 is 19.4 Å². The van der Waals surface area contributed by atoms with Gasteiger partial charge in [0.05, 0.1) is 17.1 Å². The largest absolute Gasteiger partial charge is 0.397 e. The zero-order valence-corrected chi connectivity index (χ0v) is 15.5. The molecule has 0 unspecified atom stereocenters. The zero-order valence-electron chi connectivity index (χ0n) is 14.5. The molecule has 6 heteroatoms. The first kappa shape index (κ1) is 16.1. The predicted octanol–water partition coefficient (Wildman–Crippen LogP) is 3.39. The van der Waals surface area contributed by atoms with E-state index in [2.05, 4.69) is 43.9 Å². The summed E-state index contributed by atoms with van der Waals surface area (Å²) in [5, 5.41) is 4.72. The first-order valence-electron chi connectivity index (χ1n) is 8.09. The first-order valence-corrected chi connectivity index (χ1v) is 11.8. The van der Waals surface area contributed by atoms with Crippen LogP contribution >= 0.6 is 0 Å².